The Morgan fingerprint density at radius 3 is 2.60 bits per heavy atom. The molecule has 0 radical (unpaired) electrons. The minimum absolute atomic E-state index is 0.304. The molecule has 2 nitrogen and oxygen atoms in total. The molecule has 0 unspecified atom stereocenters. The van der Waals surface area contributed by atoms with Crippen LogP contribution in [0.1, 0.15) is 11.1 Å². The molecule has 106 valence electrons. The maximum Gasteiger partial charge on any atom is 0.127 e. The highest BCUT2D eigenvalue weighted by molar-refractivity contribution is 9.10. The van der Waals surface area contributed by atoms with Gasteiger partial charge in [-0.25, -0.2) is 4.39 Å². The SMILES string of the molecule is COc1ccc(Br)c(COc2cc(F)cc(CBr)c2)c1. The predicted octanol–water partition coefficient (Wildman–Crippen LogP) is 5.07. The van der Waals surface area contributed by atoms with E-state index in [1.165, 1.54) is 12.1 Å². The zero-order chi connectivity index (χ0) is 14.5. The third-order valence-electron chi connectivity index (χ3n) is 2.73. The molecule has 0 saturated carbocycles. The average molecular weight is 404 g/mol. The fourth-order valence-corrected chi connectivity index (χ4v) is 2.42. The Balaban J connectivity index is 2.14. The van der Waals surface area contributed by atoms with E-state index in [1.54, 1.807) is 7.11 Å². The quantitative estimate of drug-likeness (QED) is 0.648. The van der Waals surface area contributed by atoms with Crippen LogP contribution < -0.4 is 9.47 Å². The highest BCUT2D eigenvalue weighted by Gasteiger charge is 2.05. The lowest BCUT2D eigenvalue weighted by Gasteiger charge is -2.10. The first-order valence-electron chi connectivity index (χ1n) is 5.93. The van der Waals surface area contributed by atoms with Gasteiger partial charge in [-0.15, -0.1) is 0 Å². The summed E-state index contributed by atoms with van der Waals surface area (Å²) in [5.74, 6) is 0.961. The van der Waals surface area contributed by atoms with Crippen molar-refractivity contribution < 1.29 is 13.9 Å². The van der Waals surface area contributed by atoms with E-state index in [9.17, 15) is 4.39 Å². The van der Waals surface area contributed by atoms with Gasteiger partial charge in [0, 0.05) is 21.4 Å². The van der Waals surface area contributed by atoms with Gasteiger partial charge in [-0.3, -0.25) is 0 Å². The summed E-state index contributed by atoms with van der Waals surface area (Å²) in [5, 5.41) is 0.587. The van der Waals surface area contributed by atoms with E-state index in [0.717, 1.165) is 21.3 Å². The Morgan fingerprint density at radius 2 is 1.90 bits per heavy atom. The maximum atomic E-state index is 13.4. The summed E-state index contributed by atoms with van der Waals surface area (Å²) >= 11 is 6.76. The van der Waals surface area contributed by atoms with Crippen LogP contribution in [0.15, 0.2) is 40.9 Å². The van der Waals surface area contributed by atoms with Crippen LogP contribution in [0.5, 0.6) is 11.5 Å². The van der Waals surface area contributed by atoms with Crippen LogP contribution in [0.2, 0.25) is 0 Å². The van der Waals surface area contributed by atoms with Crippen molar-refractivity contribution in [3.63, 3.8) is 0 Å². The van der Waals surface area contributed by atoms with Crippen molar-refractivity contribution in [3.05, 3.63) is 57.8 Å². The number of methoxy groups -OCH3 is 1. The lowest BCUT2D eigenvalue weighted by Crippen LogP contribution is -1.98. The summed E-state index contributed by atoms with van der Waals surface area (Å²) in [6, 6.07) is 10.3. The van der Waals surface area contributed by atoms with Crippen LogP contribution in [-0.4, -0.2) is 7.11 Å². The second-order valence-electron chi connectivity index (χ2n) is 4.17. The van der Waals surface area contributed by atoms with E-state index in [4.69, 9.17) is 9.47 Å². The zero-order valence-corrected chi connectivity index (χ0v) is 14.0. The van der Waals surface area contributed by atoms with Crippen LogP contribution in [0.25, 0.3) is 0 Å². The second kappa shape index (κ2) is 7.09. The van der Waals surface area contributed by atoms with E-state index in [2.05, 4.69) is 31.9 Å². The van der Waals surface area contributed by atoms with Crippen molar-refractivity contribution in [1.82, 2.24) is 0 Å². The molecule has 0 amide bonds. The van der Waals surface area contributed by atoms with Crippen molar-refractivity contribution in [2.45, 2.75) is 11.9 Å². The number of hydrogen-bond donors (Lipinski definition) is 0. The highest BCUT2D eigenvalue weighted by Crippen LogP contribution is 2.25. The fourth-order valence-electron chi connectivity index (χ4n) is 1.73. The topological polar surface area (TPSA) is 18.5 Å². The summed E-state index contributed by atoms with van der Waals surface area (Å²) in [5.41, 5.74) is 1.78. The molecule has 0 aromatic heterocycles. The molecule has 0 heterocycles. The van der Waals surface area contributed by atoms with Crippen molar-refractivity contribution in [1.29, 1.82) is 0 Å². The first kappa shape index (κ1) is 15.3. The first-order valence-corrected chi connectivity index (χ1v) is 7.84. The first-order chi connectivity index (χ1) is 9.62. The molecule has 0 spiro atoms. The van der Waals surface area contributed by atoms with E-state index < -0.39 is 0 Å². The van der Waals surface area contributed by atoms with Gasteiger partial charge in [0.2, 0.25) is 0 Å². The van der Waals surface area contributed by atoms with E-state index in [1.807, 2.05) is 24.3 Å². The zero-order valence-electron chi connectivity index (χ0n) is 10.8. The Morgan fingerprint density at radius 1 is 1.10 bits per heavy atom. The normalized spacial score (nSPS) is 10.4. The molecule has 0 saturated heterocycles. The van der Waals surface area contributed by atoms with Crippen LogP contribution in [0, 0.1) is 5.82 Å². The molecule has 20 heavy (non-hydrogen) atoms. The smallest absolute Gasteiger partial charge is 0.127 e. The fraction of sp³-hybridized carbons (Fsp3) is 0.200. The van der Waals surface area contributed by atoms with E-state index in [-0.39, 0.29) is 5.82 Å². The van der Waals surface area contributed by atoms with Crippen molar-refractivity contribution in [3.8, 4) is 11.5 Å². The molecule has 0 bridgehead atoms. The Hall–Kier alpha value is -1.07. The molecule has 0 atom stereocenters. The minimum atomic E-state index is -0.304. The van der Waals surface area contributed by atoms with Gasteiger partial charge in [-0.1, -0.05) is 31.9 Å². The molecule has 2 aromatic carbocycles. The van der Waals surface area contributed by atoms with Crippen LogP contribution in [0.4, 0.5) is 4.39 Å². The number of alkyl halides is 1. The molecule has 0 aliphatic rings. The van der Waals surface area contributed by atoms with E-state index in [0.29, 0.717) is 17.7 Å². The molecular formula is C15H13Br2FO2. The summed E-state index contributed by atoms with van der Waals surface area (Å²) < 4.78 is 25.2. The number of halogens is 3. The standard InChI is InChI=1S/C15H13Br2FO2/c1-19-13-2-3-15(17)11(6-13)9-20-14-5-10(8-16)4-12(18)7-14/h2-7H,8-9H2,1H3. The van der Waals surface area contributed by atoms with Gasteiger partial charge in [0.05, 0.1) is 7.11 Å². The number of ether oxygens (including phenoxy) is 2. The van der Waals surface area contributed by atoms with Crippen LogP contribution >= 0.6 is 31.9 Å². The molecule has 2 aromatic rings. The number of benzene rings is 2. The van der Waals surface area contributed by atoms with Gasteiger partial charge in [0.15, 0.2) is 0 Å². The molecule has 5 heteroatoms. The highest BCUT2D eigenvalue weighted by atomic mass is 79.9. The van der Waals surface area contributed by atoms with Gasteiger partial charge in [-0.05, 0) is 35.9 Å². The maximum absolute atomic E-state index is 13.4. The molecule has 0 aliphatic heterocycles. The lowest BCUT2D eigenvalue weighted by molar-refractivity contribution is 0.302. The Bertz CT molecular complexity index is 602. The third-order valence-corrected chi connectivity index (χ3v) is 4.15. The van der Waals surface area contributed by atoms with Crippen LogP contribution in [-0.2, 0) is 11.9 Å². The molecule has 0 aliphatic carbocycles. The monoisotopic (exact) mass is 402 g/mol. The van der Waals surface area contributed by atoms with Gasteiger partial charge in [0.25, 0.3) is 0 Å². The largest absolute Gasteiger partial charge is 0.497 e. The molecular weight excluding hydrogens is 391 g/mol. The summed E-state index contributed by atoms with van der Waals surface area (Å²) in [7, 11) is 1.61. The summed E-state index contributed by atoms with van der Waals surface area (Å²) in [4.78, 5) is 0. The van der Waals surface area contributed by atoms with Gasteiger partial charge in [-0.2, -0.15) is 0 Å². The van der Waals surface area contributed by atoms with E-state index >= 15 is 0 Å². The summed E-state index contributed by atoms with van der Waals surface area (Å²) in [6.07, 6.45) is 0. The lowest BCUT2D eigenvalue weighted by atomic mass is 10.2. The molecule has 2 rings (SSSR count). The molecule has 0 fully saturated rings. The van der Waals surface area contributed by atoms with Crippen molar-refractivity contribution in [2.24, 2.45) is 0 Å². The van der Waals surface area contributed by atoms with Crippen LogP contribution in [0.3, 0.4) is 0 Å². The van der Waals surface area contributed by atoms with Crippen molar-refractivity contribution in [2.75, 3.05) is 7.11 Å². The minimum Gasteiger partial charge on any atom is -0.497 e. The van der Waals surface area contributed by atoms with Gasteiger partial charge >= 0.3 is 0 Å². The Labute approximate surface area is 134 Å². The predicted molar refractivity (Wildman–Crippen MR) is 84.1 cm³/mol. The number of rotatable bonds is 5. The second-order valence-corrected chi connectivity index (χ2v) is 5.59. The number of hydrogen-bond acceptors (Lipinski definition) is 2. The van der Waals surface area contributed by atoms with Crippen molar-refractivity contribution >= 4 is 31.9 Å². The Kier molecular flexibility index (Phi) is 5.43. The molecule has 0 N–H and O–H groups in total. The third kappa shape index (κ3) is 3.96. The summed E-state index contributed by atoms with van der Waals surface area (Å²) in [6.45, 7) is 0.336. The van der Waals surface area contributed by atoms with Gasteiger partial charge in [0.1, 0.15) is 23.9 Å². The average Bonchev–Trinajstić information content (AvgIpc) is 2.45. The van der Waals surface area contributed by atoms with Gasteiger partial charge < -0.3 is 9.47 Å².